The van der Waals surface area contributed by atoms with Crippen LogP contribution < -0.4 is 10.6 Å². The maximum Gasteiger partial charge on any atom is 0.239 e. The third-order valence-electron chi connectivity index (χ3n) is 3.95. The van der Waals surface area contributed by atoms with E-state index in [1.54, 1.807) is 36.7 Å². The largest absolute Gasteiger partial charge is 0.326 e. The second-order valence-corrected chi connectivity index (χ2v) is 9.34. The van der Waals surface area contributed by atoms with Crippen LogP contribution in [0, 0.1) is 6.92 Å². The summed E-state index contributed by atoms with van der Waals surface area (Å²) in [5.74, 6) is 0.0137. The molecule has 8 nitrogen and oxygen atoms in total. The number of aryl methyl sites for hydroxylation is 1. The van der Waals surface area contributed by atoms with Crippen LogP contribution in [0.3, 0.4) is 0 Å². The first-order valence-corrected chi connectivity index (χ1v) is 11.3. The quantitative estimate of drug-likeness (QED) is 0.487. The standard InChI is InChI=1S/C18H18Cl2N6O2S2/c1-9-8-29-17(21-9)23-16(28)10(2)30-18-25-24-14(26(18)3)7-15(27)22-11-4-5-12(19)13(20)6-11/h4-6,8,10H,7H2,1-3H3,(H,22,27)(H,21,23,28)/t10-/m1/s1. The Kier molecular flexibility index (Phi) is 7.35. The molecule has 2 N–H and O–H groups in total. The average Bonchev–Trinajstić information content (AvgIpc) is 3.24. The van der Waals surface area contributed by atoms with Crippen LogP contribution in [0.15, 0.2) is 28.7 Å². The summed E-state index contributed by atoms with van der Waals surface area (Å²) < 4.78 is 1.69. The van der Waals surface area contributed by atoms with E-state index in [0.717, 1.165) is 5.69 Å². The van der Waals surface area contributed by atoms with Gasteiger partial charge in [0.25, 0.3) is 0 Å². The van der Waals surface area contributed by atoms with Gasteiger partial charge in [-0.1, -0.05) is 35.0 Å². The van der Waals surface area contributed by atoms with Crippen molar-refractivity contribution < 1.29 is 9.59 Å². The first-order valence-electron chi connectivity index (χ1n) is 8.75. The molecule has 0 bridgehead atoms. The highest BCUT2D eigenvalue weighted by atomic mass is 35.5. The number of thiazole rings is 1. The van der Waals surface area contributed by atoms with Gasteiger partial charge in [-0.15, -0.1) is 21.5 Å². The fourth-order valence-electron chi connectivity index (χ4n) is 2.35. The zero-order chi connectivity index (χ0) is 21.8. The van der Waals surface area contributed by atoms with Crippen molar-refractivity contribution in [2.75, 3.05) is 10.6 Å². The molecule has 1 aromatic carbocycles. The molecule has 0 aliphatic carbocycles. The minimum Gasteiger partial charge on any atom is -0.326 e. The smallest absolute Gasteiger partial charge is 0.239 e. The van der Waals surface area contributed by atoms with Crippen molar-refractivity contribution in [1.82, 2.24) is 19.7 Å². The molecule has 0 unspecified atom stereocenters. The minimum atomic E-state index is -0.421. The normalized spacial score (nSPS) is 11.9. The lowest BCUT2D eigenvalue weighted by Gasteiger charge is -2.10. The molecule has 3 rings (SSSR count). The fraction of sp³-hybridized carbons (Fsp3) is 0.278. The Hall–Kier alpha value is -2.14. The van der Waals surface area contributed by atoms with Crippen LogP contribution >= 0.6 is 46.3 Å². The van der Waals surface area contributed by atoms with Crippen molar-refractivity contribution in [3.8, 4) is 0 Å². The lowest BCUT2D eigenvalue weighted by atomic mass is 10.3. The predicted octanol–water partition coefficient (Wildman–Crippen LogP) is 4.19. The molecule has 0 aliphatic heterocycles. The maximum absolute atomic E-state index is 12.4. The molecule has 2 heterocycles. The van der Waals surface area contributed by atoms with Gasteiger partial charge in [-0.2, -0.15) is 0 Å². The van der Waals surface area contributed by atoms with Gasteiger partial charge < -0.3 is 15.2 Å². The van der Waals surface area contributed by atoms with E-state index in [1.165, 1.54) is 23.1 Å². The number of halogens is 2. The number of anilines is 2. The number of hydrogen-bond acceptors (Lipinski definition) is 7. The Morgan fingerprint density at radius 3 is 2.67 bits per heavy atom. The van der Waals surface area contributed by atoms with Gasteiger partial charge in [0.1, 0.15) is 5.82 Å². The van der Waals surface area contributed by atoms with E-state index in [4.69, 9.17) is 23.2 Å². The Bertz CT molecular complexity index is 1080. The molecule has 0 radical (unpaired) electrons. The van der Waals surface area contributed by atoms with E-state index in [-0.39, 0.29) is 18.2 Å². The van der Waals surface area contributed by atoms with E-state index < -0.39 is 5.25 Å². The van der Waals surface area contributed by atoms with Crippen LogP contribution in [0.4, 0.5) is 10.8 Å². The van der Waals surface area contributed by atoms with Crippen molar-refractivity contribution in [3.05, 3.63) is 45.1 Å². The van der Waals surface area contributed by atoms with Crippen LogP contribution in [-0.4, -0.2) is 36.8 Å². The predicted molar refractivity (Wildman–Crippen MR) is 121 cm³/mol. The maximum atomic E-state index is 12.4. The molecular formula is C18H18Cl2N6O2S2. The number of benzene rings is 1. The highest BCUT2D eigenvalue weighted by Gasteiger charge is 2.20. The van der Waals surface area contributed by atoms with Crippen molar-refractivity contribution in [3.63, 3.8) is 0 Å². The molecule has 2 amide bonds. The summed E-state index contributed by atoms with van der Waals surface area (Å²) in [6, 6.07) is 4.84. The summed E-state index contributed by atoms with van der Waals surface area (Å²) >= 11 is 14.5. The van der Waals surface area contributed by atoms with Gasteiger partial charge in [-0.05, 0) is 32.0 Å². The summed E-state index contributed by atoms with van der Waals surface area (Å²) in [7, 11) is 1.75. The molecular weight excluding hydrogens is 467 g/mol. The van der Waals surface area contributed by atoms with E-state index in [1.807, 2.05) is 12.3 Å². The third kappa shape index (κ3) is 5.72. The Balaban J connectivity index is 1.58. The van der Waals surface area contributed by atoms with Gasteiger partial charge in [0.15, 0.2) is 10.3 Å². The van der Waals surface area contributed by atoms with Crippen LogP contribution in [-0.2, 0) is 23.1 Å². The third-order valence-corrected chi connectivity index (χ3v) is 6.70. The van der Waals surface area contributed by atoms with E-state index >= 15 is 0 Å². The molecule has 0 saturated carbocycles. The second kappa shape index (κ2) is 9.78. The first kappa shape index (κ1) is 22.5. The number of aromatic nitrogens is 4. The number of carbonyl (C=O) groups excluding carboxylic acids is 2. The molecule has 2 aromatic heterocycles. The SMILES string of the molecule is Cc1csc(NC(=O)[C@@H](C)Sc2nnc(CC(=O)Nc3ccc(Cl)c(Cl)c3)n2C)n1. The summed E-state index contributed by atoms with van der Waals surface area (Å²) in [4.78, 5) is 28.9. The van der Waals surface area contributed by atoms with Crippen LogP contribution in [0.5, 0.6) is 0 Å². The fourth-order valence-corrected chi connectivity index (χ4v) is 4.18. The van der Waals surface area contributed by atoms with Crippen molar-refractivity contribution in [2.24, 2.45) is 7.05 Å². The van der Waals surface area contributed by atoms with E-state index in [0.29, 0.717) is 31.8 Å². The lowest BCUT2D eigenvalue weighted by Crippen LogP contribution is -2.23. The molecule has 158 valence electrons. The highest BCUT2D eigenvalue weighted by Crippen LogP contribution is 2.26. The van der Waals surface area contributed by atoms with Gasteiger partial charge in [-0.25, -0.2) is 4.98 Å². The Morgan fingerprint density at radius 2 is 2.00 bits per heavy atom. The van der Waals surface area contributed by atoms with Crippen molar-refractivity contribution in [2.45, 2.75) is 30.7 Å². The topological polar surface area (TPSA) is 102 Å². The highest BCUT2D eigenvalue weighted by molar-refractivity contribution is 8.00. The molecule has 0 aliphatic rings. The number of nitrogens with one attached hydrogen (secondary N) is 2. The van der Waals surface area contributed by atoms with Crippen molar-refractivity contribution in [1.29, 1.82) is 0 Å². The van der Waals surface area contributed by atoms with Crippen LogP contribution in [0.1, 0.15) is 18.4 Å². The molecule has 3 aromatic rings. The van der Waals surface area contributed by atoms with Gasteiger partial charge in [0, 0.05) is 18.1 Å². The van der Waals surface area contributed by atoms with Gasteiger partial charge >= 0.3 is 0 Å². The average molecular weight is 485 g/mol. The van der Waals surface area contributed by atoms with E-state index in [9.17, 15) is 9.59 Å². The summed E-state index contributed by atoms with van der Waals surface area (Å²) in [5.41, 5.74) is 1.39. The molecule has 12 heteroatoms. The summed E-state index contributed by atoms with van der Waals surface area (Å²) in [6.45, 7) is 3.63. The molecule has 0 saturated heterocycles. The van der Waals surface area contributed by atoms with E-state index in [2.05, 4.69) is 25.8 Å². The van der Waals surface area contributed by atoms with Gasteiger partial charge in [-0.3, -0.25) is 9.59 Å². The first-order chi connectivity index (χ1) is 14.2. The number of rotatable bonds is 7. The zero-order valence-electron chi connectivity index (χ0n) is 16.3. The van der Waals surface area contributed by atoms with Crippen LogP contribution in [0.2, 0.25) is 10.0 Å². The molecule has 0 fully saturated rings. The zero-order valence-corrected chi connectivity index (χ0v) is 19.4. The number of thioether (sulfide) groups is 1. The Labute approximate surface area is 191 Å². The lowest BCUT2D eigenvalue weighted by molar-refractivity contribution is -0.116. The summed E-state index contributed by atoms with van der Waals surface area (Å²) in [5, 5.41) is 17.0. The minimum absolute atomic E-state index is 0.0171. The van der Waals surface area contributed by atoms with Crippen LogP contribution in [0.25, 0.3) is 0 Å². The molecule has 30 heavy (non-hydrogen) atoms. The monoisotopic (exact) mass is 484 g/mol. The number of hydrogen-bond donors (Lipinski definition) is 2. The van der Waals surface area contributed by atoms with Gasteiger partial charge in [0.05, 0.1) is 27.4 Å². The molecule has 1 atom stereocenters. The van der Waals surface area contributed by atoms with Crippen molar-refractivity contribution >= 4 is 68.9 Å². The number of carbonyl (C=O) groups is 2. The van der Waals surface area contributed by atoms with Gasteiger partial charge in [0.2, 0.25) is 11.8 Å². The number of nitrogens with zero attached hydrogens (tertiary/aromatic N) is 4. The number of amides is 2. The Morgan fingerprint density at radius 1 is 1.23 bits per heavy atom. The second-order valence-electron chi connectivity index (χ2n) is 6.36. The molecule has 0 spiro atoms. The summed E-state index contributed by atoms with van der Waals surface area (Å²) in [6.07, 6.45) is 0.0171.